The molecule has 1 N–H and O–H groups in total. The Morgan fingerprint density at radius 3 is 1.64 bits per heavy atom. The summed E-state index contributed by atoms with van der Waals surface area (Å²) >= 11 is 28.6. The quantitative estimate of drug-likeness (QED) is 0.761. The number of hydrogen-bond acceptors (Lipinski definition) is 1. The average Bonchev–Trinajstić information content (AvgIpc) is 2.03. The van der Waals surface area contributed by atoms with Crippen molar-refractivity contribution in [2.75, 3.05) is 0 Å². The van der Waals surface area contributed by atoms with E-state index in [2.05, 4.69) is 0 Å². The standard InChI is InChI=1S/C8H5Cl5O/c9-7(10,8(11,12)13)5-1-3-6(14)4-2-5/h1-4,14H. The summed E-state index contributed by atoms with van der Waals surface area (Å²) in [6.45, 7) is 0. The zero-order valence-electron chi connectivity index (χ0n) is 6.65. The second kappa shape index (κ2) is 4.15. The van der Waals surface area contributed by atoms with Crippen molar-refractivity contribution in [1.29, 1.82) is 0 Å². The maximum atomic E-state index is 9.04. The predicted molar refractivity (Wildman–Crippen MR) is 61.8 cm³/mol. The molecule has 0 radical (unpaired) electrons. The highest BCUT2D eigenvalue weighted by Gasteiger charge is 2.47. The van der Waals surface area contributed by atoms with Crippen LogP contribution in [0.3, 0.4) is 0 Å². The van der Waals surface area contributed by atoms with Gasteiger partial charge in [-0.3, -0.25) is 0 Å². The van der Waals surface area contributed by atoms with Gasteiger partial charge in [-0.1, -0.05) is 70.1 Å². The SMILES string of the molecule is Oc1ccc(C(Cl)(Cl)C(Cl)(Cl)Cl)cc1. The number of aromatic hydroxyl groups is 1. The lowest BCUT2D eigenvalue weighted by Gasteiger charge is -2.27. The lowest BCUT2D eigenvalue weighted by atomic mass is 10.1. The molecule has 14 heavy (non-hydrogen) atoms. The third kappa shape index (κ3) is 2.53. The van der Waals surface area contributed by atoms with Crippen LogP contribution in [0.4, 0.5) is 0 Å². The molecule has 6 heteroatoms. The molecule has 1 rings (SSSR count). The Kier molecular flexibility index (Phi) is 3.72. The van der Waals surface area contributed by atoms with Gasteiger partial charge in [-0.05, 0) is 17.7 Å². The van der Waals surface area contributed by atoms with E-state index in [9.17, 15) is 0 Å². The molecule has 1 aromatic rings. The normalized spacial score (nSPS) is 12.9. The zero-order valence-corrected chi connectivity index (χ0v) is 10.4. The van der Waals surface area contributed by atoms with E-state index < -0.39 is 8.13 Å². The predicted octanol–water partition coefficient (Wildman–Crippen LogP) is 4.39. The maximum absolute atomic E-state index is 9.04. The number of hydrogen-bond donors (Lipinski definition) is 1. The number of benzene rings is 1. The second-order valence-corrected chi connectivity index (χ2v) is 6.23. The minimum Gasteiger partial charge on any atom is -0.508 e. The molecule has 0 heterocycles. The van der Waals surface area contributed by atoms with Gasteiger partial charge in [0.25, 0.3) is 0 Å². The van der Waals surface area contributed by atoms with Crippen LogP contribution in [0.5, 0.6) is 5.75 Å². The van der Waals surface area contributed by atoms with Gasteiger partial charge in [-0.2, -0.15) is 0 Å². The molecule has 0 amide bonds. The van der Waals surface area contributed by atoms with Crippen LogP contribution in [0.2, 0.25) is 0 Å². The molecule has 0 aliphatic carbocycles. The van der Waals surface area contributed by atoms with Gasteiger partial charge in [0, 0.05) is 0 Å². The van der Waals surface area contributed by atoms with Crippen molar-refractivity contribution >= 4 is 58.0 Å². The summed E-state index contributed by atoms with van der Waals surface area (Å²) < 4.78 is -3.49. The minimum atomic E-state index is -1.84. The van der Waals surface area contributed by atoms with Crippen molar-refractivity contribution < 1.29 is 5.11 Å². The molecule has 0 aliphatic heterocycles. The van der Waals surface area contributed by atoms with Gasteiger partial charge in [0.15, 0.2) is 4.33 Å². The Morgan fingerprint density at radius 1 is 0.857 bits per heavy atom. The minimum absolute atomic E-state index is 0.0854. The summed E-state index contributed by atoms with van der Waals surface area (Å²) in [5.74, 6) is 0.0854. The van der Waals surface area contributed by atoms with Crippen LogP contribution >= 0.6 is 58.0 Å². The fraction of sp³-hybridized carbons (Fsp3) is 0.250. The first-order valence-corrected chi connectivity index (χ1v) is 5.38. The fourth-order valence-electron chi connectivity index (χ4n) is 0.834. The molecule has 78 valence electrons. The lowest BCUT2D eigenvalue weighted by molar-refractivity contribution is 0.475. The second-order valence-electron chi connectivity index (χ2n) is 2.62. The monoisotopic (exact) mass is 292 g/mol. The Balaban J connectivity index is 3.10. The summed E-state index contributed by atoms with van der Waals surface area (Å²) in [6.07, 6.45) is 0. The highest BCUT2D eigenvalue weighted by atomic mass is 35.6. The number of rotatable bonds is 1. The molecule has 1 nitrogen and oxygen atoms in total. The van der Waals surface area contributed by atoms with Crippen LogP contribution in [-0.2, 0) is 4.33 Å². The highest BCUT2D eigenvalue weighted by molar-refractivity contribution is 6.75. The van der Waals surface area contributed by atoms with Crippen molar-refractivity contribution in [1.82, 2.24) is 0 Å². The van der Waals surface area contributed by atoms with Gasteiger partial charge in [0.2, 0.25) is 3.79 Å². The molecule has 0 saturated carbocycles. The third-order valence-corrected chi connectivity index (χ3v) is 4.02. The molecule has 0 aliphatic rings. The topological polar surface area (TPSA) is 20.2 Å². The average molecular weight is 294 g/mol. The van der Waals surface area contributed by atoms with E-state index in [1.165, 1.54) is 24.3 Å². The summed E-state index contributed by atoms with van der Waals surface area (Å²) in [5.41, 5.74) is 0.402. The molecule has 0 saturated heterocycles. The van der Waals surface area contributed by atoms with Crippen LogP contribution in [0.1, 0.15) is 5.56 Å². The number of phenols is 1. The first-order chi connectivity index (χ1) is 6.25. The summed E-state index contributed by atoms with van der Waals surface area (Å²) in [5, 5.41) is 9.04. The highest BCUT2D eigenvalue weighted by Crippen LogP contribution is 2.52. The molecular weight excluding hydrogens is 289 g/mol. The molecule has 0 atom stereocenters. The van der Waals surface area contributed by atoms with Crippen molar-refractivity contribution in [3.8, 4) is 5.75 Å². The molecule has 1 aromatic carbocycles. The lowest BCUT2D eigenvalue weighted by Crippen LogP contribution is -2.28. The maximum Gasteiger partial charge on any atom is 0.227 e. The number of halogens is 5. The van der Waals surface area contributed by atoms with Gasteiger partial charge in [0.1, 0.15) is 5.75 Å². The van der Waals surface area contributed by atoms with Crippen LogP contribution in [0.15, 0.2) is 24.3 Å². The molecule has 0 fully saturated rings. The van der Waals surface area contributed by atoms with Gasteiger partial charge < -0.3 is 5.11 Å². The van der Waals surface area contributed by atoms with E-state index in [-0.39, 0.29) is 5.75 Å². The Morgan fingerprint density at radius 2 is 1.29 bits per heavy atom. The van der Waals surface area contributed by atoms with Crippen LogP contribution in [0.25, 0.3) is 0 Å². The van der Waals surface area contributed by atoms with Crippen LogP contribution in [-0.4, -0.2) is 8.90 Å². The van der Waals surface area contributed by atoms with E-state index in [1.807, 2.05) is 0 Å². The van der Waals surface area contributed by atoms with Crippen molar-refractivity contribution in [3.63, 3.8) is 0 Å². The van der Waals surface area contributed by atoms with Crippen LogP contribution < -0.4 is 0 Å². The Hall–Kier alpha value is 0.470. The van der Waals surface area contributed by atoms with E-state index in [1.54, 1.807) is 0 Å². The number of phenolic OH excluding ortho intramolecular Hbond substituents is 1. The third-order valence-electron chi connectivity index (χ3n) is 1.59. The molecule has 0 spiro atoms. The van der Waals surface area contributed by atoms with E-state index in [0.29, 0.717) is 5.56 Å². The summed E-state index contributed by atoms with van der Waals surface area (Å²) in [6, 6.07) is 5.78. The molecule has 0 unspecified atom stereocenters. The molecule has 0 aromatic heterocycles. The molecule has 0 bridgehead atoms. The Bertz CT molecular complexity index is 313. The summed E-state index contributed by atoms with van der Waals surface area (Å²) in [7, 11) is 0. The Labute approximate surface area is 106 Å². The zero-order chi connectivity index (χ0) is 11.0. The van der Waals surface area contributed by atoms with Gasteiger partial charge >= 0.3 is 0 Å². The van der Waals surface area contributed by atoms with Crippen molar-refractivity contribution in [2.24, 2.45) is 0 Å². The molecular formula is C8H5Cl5O. The number of alkyl halides is 5. The first kappa shape index (κ1) is 12.5. The van der Waals surface area contributed by atoms with E-state index in [4.69, 9.17) is 63.1 Å². The van der Waals surface area contributed by atoms with Gasteiger partial charge in [0.05, 0.1) is 0 Å². The first-order valence-electron chi connectivity index (χ1n) is 3.49. The largest absolute Gasteiger partial charge is 0.508 e. The fourth-order valence-corrected chi connectivity index (χ4v) is 1.41. The van der Waals surface area contributed by atoms with Crippen LogP contribution in [0, 0.1) is 0 Å². The van der Waals surface area contributed by atoms with Gasteiger partial charge in [-0.15, -0.1) is 0 Å². The van der Waals surface area contributed by atoms with Gasteiger partial charge in [-0.25, -0.2) is 0 Å². The smallest absolute Gasteiger partial charge is 0.227 e. The van der Waals surface area contributed by atoms with E-state index in [0.717, 1.165) is 0 Å². The van der Waals surface area contributed by atoms with Crippen molar-refractivity contribution in [2.45, 2.75) is 8.13 Å². The summed E-state index contributed by atoms with van der Waals surface area (Å²) in [4.78, 5) is 0. The van der Waals surface area contributed by atoms with E-state index >= 15 is 0 Å². The van der Waals surface area contributed by atoms with Crippen molar-refractivity contribution in [3.05, 3.63) is 29.8 Å².